The lowest BCUT2D eigenvalue weighted by molar-refractivity contribution is -0.141. The van der Waals surface area contributed by atoms with Crippen molar-refractivity contribution in [2.75, 3.05) is 20.1 Å². The maximum atomic E-state index is 11.8. The number of hydrogen-bond donors (Lipinski definition) is 0. The summed E-state index contributed by atoms with van der Waals surface area (Å²) in [7, 11) is 1.92. The molecule has 2 rings (SSSR count). The highest BCUT2D eigenvalue weighted by atomic mass is 16.2. The van der Waals surface area contributed by atoms with E-state index in [9.17, 15) is 4.79 Å². The fourth-order valence-electron chi connectivity index (χ4n) is 2.51. The quantitative estimate of drug-likeness (QED) is 0.546. The summed E-state index contributed by atoms with van der Waals surface area (Å²) in [5.74, 6) is 1.01. The Bertz CT molecular complexity index is 229. The fourth-order valence-corrected chi connectivity index (χ4v) is 2.51. The highest BCUT2D eigenvalue weighted by Crippen LogP contribution is 2.28. The summed E-state index contributed by atoms with van der Waals surface area (Å²) in [6.07, 6.45) is 1.05. The molecule has 74 valence electrons. The predicted octanol–water partition coefficient (Wildman–Crippen LogP) is 0.557. The zero-order valence-electron chi connectivity index (χ0n) is 8.66. The van der Waals surface area contributed by atoms with Crippen LogP contribution in [0, 0.1) is 5.92 Å². The first-order valence-electron chi connectivity index (χ1n) is 5.10. The zero-order valence-corrected chi connectivity index (χ0v) is 8.66. The average Bonchev–Trinajstić information content (AvgIpc) is 2.42. The van der Waals surface area contributed by atoms with E-state index in [4.69, 9.17) is 0 Å². The average molecular weight is 182 g/mol. The lowest BCUT2D eigenvalue weighted by Gasteiger charge is -2.39. The molecule has 0 N–H and O–H groups in total. The standard InChI is InChI=1S/C10H18N2O/c1-7-4-9-10(13)11(3)8(2)6-12(9)5-7/h7-9H,4-6H2,1-3H3. The summed E-state index contributed by atoms with van der Waals surface area (Å²) in [4.78, 5) is 16.1. The number of amides is 1. The van der Waals surface area contributed by atoms with Gasteiger partial charge in [-0.05, 0) is 19.3 Å². The monoisotopic (exact) mass is 182 g/mol. The van der Waals surface area contributed by atoms with E-state index in [1.54, 1.807) is 0 Å². The minimum Gasteiger partial charge on any atom is -0.340 e. The van der Waals surface area contributed by atoms with Crippen LogP contribution in [0.15, 0.2) is 0 Å². The number of carbonyl (C=O) groups excluding carboxylic acids is 1. The van der Waals surface area contributed by atoms with E-state index >= 15 is 0 Å². The molecule has 0 spiro atoms. The molecule has 2 fully saturated rings. The maximum absolute atomic E-state index is 11.8. The van der Waals surface area contributed by atoms with Crippen LogP contribution in [0.1, 0.15) is 20.3 Å². The number of hydrogen-bond acceptors (Lipinski definition) is 2. The summed E-state index contributed by atoms with van der Waals surface area (Å²) < 4.78 is 0. The second kappa shape index (κ2) is 2.98. The van der Waals surface area contributed by atoms with Crippen molar-refractivity contribution in [3.63, 3.8) is 0 Å². The molecule has 2 heterocycles. The van der Waals surface area contributed by atoms with Crippen LogP contribution in [0.5, 0.6) is 0 Å². The molecule has 3 atom stereocenters. The smallest absolute Gasteiger partial charge is 0.239 e. The third-order valence-electron chi connectivity index (χ3n) is 3.41. The first-order chi connectivity index (χ1) is 6.09. The Hall–Kier alpha value is -0.570. The van der Waals surface area contributed by atoms with E-state index in [1.165, 1.54) is 0 Å². The fraction of sp³-hybridized carbons (Fsp3) is 0.900. The van der Waals surface area contributed by atoms with Crippen molar-refractivity contribution < 1.29 is 4.79 Å². The minimum atomic E-state index is 0.191. The van der Waals surface area contributed by atoms with Gasteiger partial charge in [-0.2, -0.15) is 0 Å². The van der Waals surface area contributed by atoms with E-state index in [-0.39, 0.29) is 6.04 Å². The number of likely N-dealkylation sites (N-methyl/N-ethyl adjacent to an activating group) is 1. The van der Waals surface area contributed by atoms with E-state index < -0.39 is 0 Å². The first kappa shape index (κ1) is 9.00. The normalized spacial score (nSPS) is 41.0. The summed E-state index contributed by atoms with van der Waals surface area (Å²) in [6.45, 7) is 6.51. The molecule has 0 aromatic rings. The Morgan fingerprint density at radius 1 is 1.31 bits per heavy atom. The predicted molar refractivity (Wildman–Crippen MR) is 51.4 cm³/mol. The second-order valence-electron chi connectivity index (χ2n) is 4.61. The molecular formula is C10H18N2O. The van der Waals surface area contributed by atoms with Gasteiger partial charge in [0.25, 0.3) is 0 Å². The SMILES string of the molecule is CC1CC2C(=O)N(C)C(C)CN2C1. The van der Waals surface area contributed by atoms with Gasteiger partial charge in [0.1, 0.15) is 0 Å². The summed E-state index contributed by atoms with van der Waals surface area (Å²) in [5, 5.41) is 0. The molecule has 0 saturated carbocycles. The maximum Gasteiger partial charge on any atom is 0.239 e. The van der Waals surface area contributed by atoms with Gasteiger partial charge >= 0.3 is 0 Å². The molecule has 2 aliphatic heterocycles. The Balaban J connectivity index is 2.15. The Kier molecular flexibility index (Phi) is 2.06. The Morgan fingerprint density at radius 3 is 2.69 bits per heavy atom. The molecular weight excluding hydrogens is 164 g/mol. The van der Waals surface area contributed by atoms with E-state index in [0.717, 1.165) is 19.5 Å². The lowest BCUT2D eigenvalue weighted by atomic mass is 10.1. The Labute approximate surface area is 79.7 Å². The molecule has 3 heteroatoms. The van der Waals surface area contributed by atoms with Crippen molar-refractivity contribution in [3.8, 4) is 0 Å². The van der Waals surface area contributed by atoms with Crippen molar-refractivity contribution in [3.05, 3.63) is 0 Å². The molecule has 13 heavy (non-hydrogen) atoms. The summed E-state index contributed by atoms with van der Waals surface area (Å²) >= 11 is 0. The zero-order chi connectivity index (χ0) is 9.59. The van der Waals surface area contributed by atoms with Crippen LogP contribution in [0.3, 0.4) is 0 Å². The van der Waals surface area contributed by atoms with Crippen LogP contribution in [0.4, 0.5) is 0 Å². The number of nitrogens with zero attached hydrogens (tertiary/aromatic N) is 2. The largest absolute Gasteiger partial charge is 0.340 e. The number of carbonyl (C=O) groups is 1. The van der Waals surface area contributed by atoms with E-state index in [0.29, 0.717) is 17.9 Å². The van der Waals surface area contributed by atoms with Gasteiger partial charge in [-0.25, -0.2) is 0 Å². The van der Waals surface area contributed by atoms with Gasteiger partial charge in [0.2, 0.25) is 5.91 Å². The highest BCUT2D eigenvalue weighted by molar-refractivity contribution is 5.83. The van der Waals surface area contributed by atoms with Gasteiger partial charge in [0.05, 0.1) is 6.04 Å². The number of rotatable bonds is 0. The first-order valence-corrected chi connectivity index (χ1v) is 5.10. The third-order valence-corrected chi connectivity index (χ3v) is 3.41. The van der Waals surface area contributed by atoms with Crippen LogP contribution in [-0.4, -0.2) is 47.9 Å². The van der Waals surface area contributed by atoms with Crippen LogP contribution in [0.2, 0.25) is 0 Å². The molecule has 2 saturated heterocycles. The summed E-state index contributed by atoms with van der Waals surface area (Å²) in [6, 6.07) is 0.574. The van der Waals surface area contributed by atoms with Crippen LogP contribution in [0.25, 0.3) is 0 Å². The van der Waals surface area contributed by atoms with Crippen molar-refractivity contribution in [1.29, 1.82) is 0 Å². The molecule has 0 aromatic heterocycles. The van der Waals surface area contributed by atoms with Gasteiger partial charge in [0, 0.05) is 26.2 Å². The van der Waals surface area contributed by atoms with Crippen molar-refractivity contribution in [2.24, 2.45) is 5.92 Å². The molecule has 3 unspecified atom stereocenters. The molecule has 0 aromatic carbocycles. The van der Waals surface area contributed by atoms with Crippen LogP contribution < -0.4 is 0 Å². The summed E-state index contributed by atoms with van der Waals surface area (Å²) in [5.41, 5.74) is 0. The van der Waals surface area contributed by atoms with Crippen LogP contribution in [-0.2, 0) is 4.79 Å². The van der Waals surface area contributed by atoms with Gasteiger partial charge in [0.15, 0.2) is 0 Å². The van der Waals surface area contributed by atoms with Crippen molar-refractivity contribution >= 4 is 5.91 Å². The number of fused-ring (bicyclic) bond motifs is 1. The lowest BCUT2D eigenvalue weighted by Crippen LogP contribution is -2.57. The molecule has 0 bridgehead atoms. The third kappa shape index (κ3) is 1.35. The molecule has 1 amide bonds. The van der Waals surface area contributed by atoms with Crippen LogP contribution >= 0.6 is 0 Å². The Morgan fingerprint density at radius 2 is 2.00 bits per heavy atom. The molecule has 3 nitrogen and oxygen atoms in total. The van der Waals surface area contributed by atoms with Crippen molar-refractivity contribution in [2.45, 2.75) is 32.4 Å². The minimum absolute atomic E-state index is 0.191. The second-order valence-corrected chi connectivity index (χ2v) is 4.61. The topological polar surface area (TPSA) is 23.6 Å². The van der Waals surface area contributed by atoms with Gasteiger partial charge < -0.3 is 4.90 Å². The van der Waals surface area contributed by atoms with Gasteiger partial charge in [-0.15, -0.1) is 0 Å². The van der Waals surface area contributed by atoms with E-state index in [2.05, 4.69) is 18.7 Å². The van der Waals surface area contributed by atoms with Gasteiger partial charge in [-0.3, -0.25) is 9.69 Å². The molecule has 0 aliphatic carbocycles. The van der Waals surface area contributed by atoms with Gasteiger partial charge in [-0.1, -0.05) is 6.92 Å². The highest BCUT2D eigenvalue weighted by Gasteiger charge is 2.41. The van der Waals surface area contributed by atoms with E-state index in [1.807, 2.05) is 11.9 Å². The molecule has 0 radical (unpaired) electrons. The number of piperazine rings is 1. The molecule has 2 aliphatic rings. The van der Waals surface area contributed by atoms with Crippen molar-refractivity contribution in [1.82, 2.24) is 9.80 Å².